The molecule has 3 aromatic rings. The summed E-state index contributed by atoms with van der Waals surface area (Å²) < 4.78 is 0. The molecule has 4 rings (SSSR count). The van der Waals surface area contributed by atoms with Crippen molar-refractivity contribution in [2.24, 2.45) is 5.92 Å². The quantitative estimate of drug-likeness (QED) is 0.148. The van der Waals surface area contributed by atoms with Crippen molar-refractivity contribution in [1.82, 2.24) is 0 Å². The zero-order valence-corrected chi connectivity index (χ0v) is 30.9. The summed E-state index contributed by atoms with van der Waals surface area (Å²) in [5, 5.41) is 0. The van der Waals surface area contributed by atoms with E-state index in [2.05, 4.69) is 121 Å². The summed E-state index contributed by atoms with van der Waals surface area (Å²) in [6.45, 7) is 21.3. The second-order valence-corrected chi connectivity index (χ2v) is 20.4. The molecule has 0 nitrogen and oxygen atoms in total. The molecule has 0 bridgehead atoms. The summed E-state index contributed by atoms with van der Waals surface area (Å²) >= 11 is 4.22. The highest BCUT2D eigenvalue weighted by atomic mass is 32.3. The molecule has 0 amide bonds. The number of fused-ring (bicyclic) bond motifs is 3. The van der Waals surface area contributed by atoms with Gasteiger partial charge in [0.15, 0.2) is 0 Å². The number of thiophene rings is 2. The third kappa shape index (κ3) is 7.60. The van der Waals surface area contributed by atoms with E-state index in [1.54, 1.807) is 34.2 Å². The minimum absolute atomic E-state index is 0.176. The zero-order chi connectivity index (χ0) is 30.5. The molecule has 1 atom stereocenters. The van der Waals surface area contributed by atoms with Gasteiger partial charge in [-0.3, -0.25) is 0 Å². The maximum atomic E-state index is 2.68. The molecule has 1 aliphatic heterocycles. The summed E-state index contributed by atoms with van der Waals surface area (Å²) in [6.07, 6.45) is 16.7. The molecule has 1 aromatic carbocycles. The Bertz CT molecular complexity index is 1200. The Morgan fingerprint density at radius 1 is 0.619 bits per heavy atom. The van der Waals surface area contributed by atoms with Crippen LogP contribution in [-0.2, 0) is 10.8 Å². The molecular weight excluding hydrogens is 565 g/mol. The highest BCUT2D eigenvalue weighted by Gasteiger charge is 2.46. The van der Waals surface area contributed by atoms with E-state index in [1.807, 2.05) is 0 Å². The van der Waals surface area contributed by atoms with Crippen molar-refractivity contribution >= 4 is 32.7 Å². The molecule has 3 heterocycles. The molecule has 3 heteroatoms. The molecule has 0 spiro atoms. The van der Waals surface area contributed by atoms with Crippen LogP contribution in [-0.4, -0.2) is 5.75 Å². The predicted octanol–water partition coefficient (Wildman–Crippen LogP) is 14.3. The van der Waals surface area contributed by atoms with Crippen molar-refractivity contribution < 1.29 is 0 Å². The summed E-state index contributed by atoms with van der Waals surface area (Å²) in [6, 6.07) is 15.2. The van der Waals surface area contributed by atoms with Gasteiger partial charge in [-0.2, -0.15) is 10.0 Å². The lowest BCUT2D eigenvalue weighted by Crippen LogP contribution is -2.16. The molecule has 42 heavy (non-hydrogen) atoms. The first-order valence-corrected chi connectivity index (χ1v) is 20.5. The van der Waals surface area contributed by atoms with Crippen molar-refractivity contribution in [2.45, 2.75) is 165 Å². The van der Waals surface area contributed by atoms with E-state index >= 15 is 0 Å². The molecule has 1 unspecified atom stereocenters. The summed E-state index contributed by atoms with van der Waals surface area (Å²) in [5.74, 6) is 2.12. The van der Waals surface area contributed by atoms with Gasteiger partial charge in [0.1, 0.15) is 0 Å². The zero-order valence-electron chi connectivity index (χ0n) is 28.5. The Labute approximate surface area is 269 Å². The fourth-order valence-corrected chi connectivity index (χ4v) is 14.7. The number of hydrogen-bond donors (Lipinski definition) is 0. The van der Waals surface area contributed by atoms with Crippen LogP contribution in [0.4, 0.5) is 0 Å². The second kappa shape index (κ2) is 14.4. The Hall–Kier alpha value is -1.03. The van der Waals surface area contributed by atoms with Crippen molar-refractivity contribution in [3.8, 4) is 9.75 Å². The van der Waals surface area contributed by atoms with Crippen LogP contribution in [0.3, 0.4) is 0 Å². The molecule has 0 N–H and O–H groups in total. The van der Waals surface area contributed by atoms with Crippen LogP contribution in [0.2, 0.25) is 0 Å². The molecule has 2 aromatic heterocycles. The van der Waals surface area contributed by atoms with Gasteiger partial charge in [-0.15, -0.1) is 22.7 Å². The standard InChI is InChI=1S/C39H60S3/c1-10-12-14-16-17-19-21-30(20-18-15-13-11-2)28-42(31-24-22-29(3)23-25-31)32-26-34(38(4,5)6)40-36(32)37-33(42)27-35(41-37)39(7,8)9/h22-27,30H,10-21,28H2,1-9H3. The topological polar surface area (TPSA) is 0 Å². The number of aryl methyl sites for hydroxylation is 1. The molecule has 0 aliphatic carbocycles. The maximum absolute atomic E-state index is 2.68. The Kier molecular flexibility index (Phi) is 11.6. The highest BCUT2D eigenvalue weighted by Crippen LogP contribution is 2.79. The van der Waals surface area contributed by atoms with Crippen LogP contribution >= 0.6 is 32.7 Å². The van der Waals surface area contributed by atoms with Crippen LogP contribution in [0.15, 0.2) is 51.1 Å². The molecule has 0 saturated heterocycles. The fourth-order valence-electron chi connectivity index (χ4n) is 6.48. The molecule has 234 valence electrons. The first-order chi connectivity index (χ1) is 19.9. The largest absolute Gasteiger partial charge is 0.157 e. The number of rotatable bonds is 15. The van der Waals surface area contributed by atoms with Crippen LogP contribution in [0, 0.1) is 12.8 Å². The molecular formula is C39H60S3. The van der Waals surface area contributed by atoms with Gasteiger partial charge in [-0.1, -0.05) is 137 Å². The molecule has 0 fully saturated rings. The van der Waals surface area contributed by atoms with Gasteiger partial charge >= 0.3 is 0 Å². The van der Waals surface area contributed by atoms with Gasteiger partial charge < -0.3 is 0 Å². The van der Waals surface area contributed by atoms with Crippen molar-refractivity contribution in [3.05, 3.63) is 51.7 Å². The highest BCUT2D eigenvalue weighted by molar-refractivity contribution is 8.34. The third-order valence-corrected chi connectivity index (χ3v) is 16.9. The second-order valence-electron chi connectivity index (χ2n) is 15.1. The maximum Gasteiger partial charge on any atom is 0.0584 e. The smallest absolute Gasteiger partial charge is 0.0584 e. The normalized spacial score (nSPS) is 15.9. The number of hydrogen-bond acceptors (Lipinski definition) is 2. The van der Waals surface area contributed by atoms with Crippen molar-refractivity contribution in [1.29, 1.82) is 0 Å². The van der Waals surface area contributed by atoms with Crippen molar-refractivity contribution in [2.75, 3.05) is 5.75 Å². The summed E-state index contributed by atoms with van der Waals surface area (Å²) in [5.41, 5.74) is 1.72. The Morgan fingerprint density at radius 2 is 1.05 bits per heavy atom. The average Bonchev–Trinajstić information content (AvgIpc) is 3.62. The van der Waals surface area contributed by atoms with E-state index in [-0.39, 0.29) is 10.8 Å². The molecule has 1 aliphatic rings. The Balaban J connectivity index is 1.82. The lowest BCUT2D eigenvalue weighted by molar-refractivity contribution is 0.438. The lowest BCUT2D eigenvalue weighted by Gasteiger charge is -2.41. The van der Waals surface area contributed by atoms with Crippen LogP contribution < -0.4 is 0 Å². The monoisotopic (exact) mass is 624 g/mol. The average molecular weight is 625 g/mol. The van der Waals surface area contributed by atoms with Gasteiger partial charge in [0.05, 0.1) is 9.75 Å². The summed E-state index contributed by atoms with van der Waals surface area (Å²) in [7, 11) is -1.33. The number of benzene rings is 1. The minimum Gasteiger partial charge on any atom is -0.157 e. The van der Waals surface area contributed by atoms with Crippen LogP contribution in [0.1, 0.15) is 148 Å². The first-order valence-electron chi connectivity index (χ1n) is 17.1. The fraction of sp³-hybridized carbons (Fsp3) is 0.641. The van der Waals surface area contributed by atoms with E-state index in [0.29, 0.717) is 0 Å². The Morgan fingerprint density at radius 3 is 1.50 bits per heavy atom. The molecule has 0 saturated carbocycles. The van der Waals surface area contributed by atoms with Gasteiger partial charge in [0.2, 0.25) is 0 Å². The lowest BCUT2D eigenvalue weighted by atomic mass is 9.95. The predicted molar refractivity (Wildman–Crippen MR) is 194 cm³/mol. The van der Waals surface area contributed by atoms with E-state index < -0.39 is 10.0 Å². The minimum atomic E-state index is -1.33. The van der Waals surface area contributed by atoms with E-state index in [0.717, 1.165) is 5.92 Å². The van der Waals surface area contributed by atoms with Crippen molar-refractivity contribution in [3.63, 3.8) is 0 Å². The first kappa shape index (κ1) is 33.9. The third-order valence-electron chi connectivity index (χ3n) is 9.17. The SMILES string of the molecule is CCCCCCCCC(CCCCCC)CS1(c2ccc(C)cc2)c2cc(C(C)(C)C)sc2-c2sc(C(C)(C)C)cc21. The van der Waals surface area contributed by atoms with Gasteiger partial charge in [-0.25, -0.2) is 0 Å². The van der Waals surface area contributed by atoms with Crippen LogP contribution in [0.5, 0.6) is 0 Å². The number of unbranched alkanes of at least 4 members (excludes halogenated alkanes) is 8. The van der Waals surface area contributed by atoms with Crippen LogP contribution in [0.25, 0.3) is 9.75 Å². The van der Waals surface area contributed by atoms with Gasteiger partial charge in [0, 0.05) is 19.5 Å². The van der Waals surface area contributed by atoms with Gasteiger partial charge in [-0.05, 0) is 71.4 Å². The van der Waals surface area contributed by atoms with Gasteiger partial charge in [0.25, 0.3) is 0 Å². The van der Waals surface area contributed by atoms with E-state index in [1.165, 1.54) is 88.4 Å². The summed E-state index contributed by atoms with van der Waals surface area (Å²) in [4.78, 5) is 11.3. The van der Waals surface area contributed by atoms with E-state index in [4.69, 9.17) is 0 Å². The van der Waals surface area contributed by atoms with E-state index in [9.17, 15) is 0 Å². The molecule has 0 radical (unpaired) electrons.